The molecule has 1 aromatic carbocycles. The van der Waals surface area contributed by atoms with Crippen LogP contribution in [0.1, 0.15) is 21.6 Å². The lowest BCUT2D eigenvalue weighted by molar-refractivity contribution is 0.0946. The van der Waals surface area contributed by atoms with Crippen LogP contribution in [0.25, 0.3) is 0 Å². The summed E-state index contributed by atoms with van der Waals surface area (Å²) < 4.78 is 0. The monoisotopic (exact) mass is 318 g/mol. The number of hydrogen-bond acceptors (Lipinski definition) is 4. The van der Waals surface area contributed by atoms with Gasteiger partial charge < -0.3 is 10.6 Å². The van der Waals surface area contributed by atoms with Gasteiger partial charge in [0.25, 0.3) is 5.91 Å². The Bertz CT molecular complexity index is 834. The normalized spacial score (nSPS) is 10.2. The van der Waals surface area contributed by atoms with E-state index in [1.54, 1.807) is 24.7 Å². The molecule has 24 heavy (non-hydrogen) atoms. The van der Waals surface area contributed by atoms with Gasteiger partial charge in [-0.05, 0) is 48.4 Å². The molecule has 5 heteroatoms. The van der Waals surface area contributed by atoms with E-state index in [-0.39, 0.29) is 5.91 Å². The summed E-state index contributed by atoms with van der Waals surface area (Å²) in [5.74, 6) is -0.216. The molecular formula is C19H18N4O. The predicted octanol–water partition coefficient (Wildman–Crippen LogP) is 3.46. The number of aromatic nitrogens is 2. The molecule has 0 aliphatic rings. The van der Waals surface area contributed by atoms with E-state index in [0.29, 0.717) is 12.2 Å². The number of rotatable bonds is 5. The van der Waals surface area contributed by atoms with Crippen molar-refractivity contribution in [2.75, 3.05) is 5.32 Å². The SMILES string of the molecule is Cc1cccc(Nc2ccnc(C(=O)NCc3cccnc3)c2)c1. The summed E-state index contributed by atoms with van der Waals surface area (Å²) in [4.78, 5) is 20.4. The van der Waals surface area contributed by atoms with Crippen molar-refractivity contribution < 1.29 is 4.79 Å². The fraction of sp³-hybridized carbons (Fsp3) is 0.105. The van der Waals surface area contributed by atoms with E-state index < -0.39 is 0 Å². The molecule has 0 radical (unpaired) electrons. The summed E-state index contributed by atoms with van der Waals surface area (Å²) in [6.45, 7) is 2.46. The second-order valence-corrected chi connectivity index (χ2v) is 5.47. The smallest absolute Gasteiger partial charge is 0.270 e. The van der Waals surface area contributed by atoms with Crippen LogP contribution in [-0.4, -0.2) is 15.9 Å². The van der Waals surface area contributed by atoms with Crippen LogP contribution in [-0.2, 0) is 6.54 Å². The molecular weight excluding hydrogens is 300 g/mol. The average molecular weight is 318 g/mol. The van der Waals surface area contributed by atoms with Crippen LogP contribution in [0.4, 0.5) is 11.4 Å². The van der Waals surface area contributed by atoms with Crippen LogP contribution in [0.5, 0.6) is 0 Å². The molecule has 0 unspecified atom stereocenters. The van der Waals surface area contributed by atoms with E-state index in [1.165, 1.54) is 5.56 Å². The second kappa shape index (κ2) is 7.37. The molecule has 1 amide bonds. The van der Waals surface area contributed by atoms with Crippen LogP contribution < -0.4 is 10.6 Å². The molecule has 0 aliphatic carbocycles. The molecule has 0 spiro atoms. The molecule has 2 N–H and O–H groups in total. The molecule has 5 nitrogen and oxygen atoms in total. The first-order chi connectivity index (χ1) is 11.7. The number of carbonyl (C=O) groups is 1. The lowest BCUT2D eigenvalue weighted by Crippen LogP contribution is -2.23. The van der Waals surface area contributed by atoms with E-state index in [0.717, 1.165) is 16.9 Å². The number of nitrogens with zero attached hydrogens (tertiary/aromatic N) is 2. The van der Waals surface area contributed by atoms with Crippen molar-refractivity contribution in [2.45, 2.75) is 13.5 Å². The van der Waals surface area contributed by atoms with Gasteiger partial charge in [-0.15, -0.1) is 0 Å². The number of benzene rings is 1. The molecule has 0 fully saturated rings. The largest absolute Gasteiger partial charge is 0.355 e. The third-order valence-electron chi connectivity index (χ3n) is 3.48. The molecule has 0 atom stereocenters. The van der Waals surface area contributed by atoms with Crippen molar-refractivity contribution >= 4 is 17.3 Å². The first kappa shape index (κ1) is 15.7. The lowest BCUT2D eigenvalue weighted by Gasteiger charge is -2.09. The van der Waals surface area contributed by atoms with Crippen molar-refractivity contribution in [1.82, 2.24) is 15.3 Å². The Kier molecular flexibility index (Phi) is 4.81. The van der Waals surface area contributed by atoms with Crippen LogP contribution in [0.15, 0.2) is 67.1 Å². The van der Waals surface area contributed by atoms with Gasteiger partial charge in [0.15, 0.2) is 0 Å². The molecule has 0 saturated heterocycles. The minimum absolute atomic E-state index is 0.216. The molecule has 0 saturated carbocycles. The molecule has 3 aromatic rings. The second-order valence-electron chi connectivity index (χ2n) is 5.47. The Labute approximate surface area is 140 Å². The standard InChI is InChI=1S/C19H18N4O/c1-14-4-2-6-16(10-14)23-17-7-9-21-18(11-17)19(24)22-13-15-5-3-8-20-12-15/h2-12H,13H2,1H3,(H,21,23)(H,22,24). The van der Waals surface area contributed by atoms with E-state index >= 15 is 0 Å². The van der Waals surface area contributed by atoms with E-state index in [4.69, 9.17) is 0 Å². The number of aryl methyl sites for hydroxylation is 1. The summed E-state index contributed by atoms with van der Waals surface area (Å²) >= 11 is 0. The molecule has 2 aromatic heterocycles. The van der Waals surface area contributed by atoms with E-state index in [2.05, 4.69) is 20.6 Å². The number of pyridine rings is 2. The number of nitrogens with one attached hydrogen (secondary N) is 2. The topological polar surface area (TPSA) is 66.9 Å². The van der Waals surface area contributed by atoms with Gasteiger partial charge >= 0.3 is 0 Å². The molecule has 0 bridgehead atoms. The zero-order valence-electron chi connectivity index (χ0n) is 13.4. The van der Waals surface area contributed by atoms with E-state index in [9.17, 15) is 4.79 Å². The van der Waals surface area contributed by atoms with Gasteiger partial charge in [0, 0.05) is 36.5 Å². The Morgan fingerprint density at radius 2 is 1.92 bits per heavy atom. The van der Waals surface area contributed by atoms with Crippen LogP contribution in [0.3, 0.4) is 0 Å². The Morgan fingerprint density at radius 3 is 2.71 bits per heavy atom. The van der Waals surface area contributed by atoms with Crippen molar-refractivity contribution in [3.63, 3.8) is 0 Å². The minimum atomic E-state index is -0.216. The van der Waals surface area contributed by atoms with Gasteiger partial charge in [0.1, 0.15) is 5.69 Å². The molecule has 2 heterocycles. The maximum Gasteiger partial charge on any atom is 0.270 e. The van der Waals surface area contributed by atoms with Gasteiger partial charge in [0.05, 0.1) is 0 Å². The average Bonchev–Trinajstić information content (AvgIpc) is 2.61. The number of anilines is 2. The van der Waals surface area contributed by atoms with Gasteiger partial charge in [0.2, 0.25) is 0 Å². The quantitative estimate of drug-likeness (QED) is 0.756. The fourth-order valence-corrected chi connectivity index (χ4v) is 2.30. The van der Waals surface area contributed by atoms with Gasteiger partial charge in [-0.1, -0.05) is 18.2 Å². The molecule has 3 rings (SSSR count). The van der Waals surface area contributed by atoms with Crippen LogP contribution in [0, 0.1) is 6.92 Å². The minimum Gasteiger partial charge on any atom is -0.355 e. The Hall–Kier alpha value is -3.21. The number of carbonyl (C=O) groups excluding carboxylic acids is 1. The number of hydrogen-bond donors (Lipinski definition) is 2. The van der Waals surface area contributed by atoms with Crippen molar-refractivity contribution in [1.29, 1.82) is 0 Å². The van der Waals surface area contributed by atoms with Gasteiger partial charge in [-0.25, -0.2) is 0 Å². The fourth-order valence-electron chi connectivity index (χ4n) is 2.30. The summed E-state index contributed by atoms with van der Waals surface area (Å²) in [7, 11) is 0. The Morgan fingerprint density at radius 1 is 1.04 bits per heavy atom. The van der Waals surface area contributed by atoms with Gasteiger partial charge in [-0.2, -0.15) is 0 Å². The summed E-state index contributed by atoms with van der Waals surface area (Å²) in [6, 6.07) is 15.4. The van der Waals surface area contributed by atoms with Crippen molar-refractivity contribution in [3.05, 3.63) is 83.9 Å². The van der Waals surface area contributed by atoms with Gasteiger partial charge in [-0.3, -0.25) is 14.8 Å². The molecule has 0 aliphatic heterocycles. The first-order valence-corrected chi connectivity index (χ1v) is 7.67. The first-order valence-electron chi connectivity index (χ1n) is 7.67. The third kappa shape index (κ3) is 4.16. The lowest BCUT2D eigenvalue weighted by atomic mass is 10.2. The maximum atomic E-state index is 12.3. The van der Waals surface area contributed by atoms with Crippen molar-refractivity contribution in [2.24, 2.45) is 0 Å². The summed E-state index contributed by atoms with van der Waals surface area (Å²) in [5.41, 5.74) is 4.28. The number of amides is 1. The molecule has 120 valence electrons. The maximum absolute atomic E-state index is 12.3. The van der Waals surface area contributed by atoms with Crippen LogP contribution >= 0.6 is 0 Å². The highest BCUT2D eigenvalue weighted by Gasteiger charge is 2.08. The summed E-state index contributed by atoms with van der Waals surface area (Å²) in [5, 5.41) is 6.13. The van der Waals surface area contributed by atoms with Crippen LogP contribution in [0.2, 0.25) is 0 Å². The Balaban J connectivity index is 1.67. The summed E-state index contributed by atoms with van der Waals surface area (Å²) in [6.07, 6.45) is 5.05. The highest BCUT2D eigenvalue weighted by atomic mass is 16.1. The third-order valence-corrected chi connectivity index (χ3v) is 3.48. The van der Waals surface area contributed by atoms with Crippen molar-refractivity contribution in [3.8, 4) is 0 Å². The zero-order valence-corrected chi connectivity index (χ0v) is 13.4. The highest BCUT2D eigenvalue weighted by Crippen LogP contribution is 2.17. The predicted molar refractivity (Wildman–Crippen MR) is 94.1 cm³/mol. The highest BCUT2D eigenvalue weighted by molar-refractivity contribution is 5.93. The van der Waals surface area contributed by atoms with E-state index in [1.807, 2.05) is 49.4 Å². The zero-order chi connectivity index (χ0) is 16.8.